The van der Waals surface area contributed by atoms with E-state index in [0.717, 1.165) is 40.0 Å². The van der Waals surface area contributed by atoms with E-state index in [2.05, 4.69) is 0 Å². The molecule has 0 saturated carbocycles. The number of benzene rings is 2. The molecule has 174 valence electrons. The summed E-state index contributed by atoms with van der Waals surface area (Å²) in [6.45, 7) is 6.23. The number of hydrogen-bond acceptors (Lipinski definition) is 5. The summed E-state index contributed by atoms with van der Waals surface area (Å²) in [5.74, 6) is -0.622. The number of aromatic carboxylic acids is 1. The second-order valence-corrected chi connectivity index (χ2v) is 9.00. The minimum absolute atomic E-state index is 0.171. The van der Waals surface area contributed by atoms with Gasteiger partial charge in [-0.2, -0.15) is 0 Å². The van der Waals surface area contributed by atoms with Crippen molar-refractivity contribution in [3.05, 3.63) is 87.6 Å². The van der Waals surface area contributed by atoms with Gasteiger partial charge in [-0.3, -0.25) is 14.5 Å². The first-order valence-electron chi connectivity index (χ1n) is 10.7. The number of imide groups is 1. The van der Waals surface area contributed by atoms with Gasteiger partial charge in [-0.25, -0.2) is 4.79 Å². The normalized spacial score (nSPS) is 14.8. The standard InChI is InChI=1S/C26H24N2O5S/c1-16-4-10-22(11-5-16)33-13-12-27-24(29)23(34-26(27)32)15-20-14-17(2)28(18(20)3)21-8-6-19(7-9-21)25(30)31/h4-11,14-15H,12-13H2,1-3H3,(H,30,31)/b23-15-. The highest BCUT2D eigenvalue weighted by Gasteiger charge is 2.35. The number of aromatic nitrogens is 1. The number of carbonyl (C=O) groups excluding carboxylic acids is 2. The van der Waals surface area contributed by atoms with Gasteiger partial charge in [0.1, 0.15) is 12.4 Å². The fourth-order valence-electron chi connectivity index (χ4n) is 3.81. The third-order valence-electron chi connectivity index (χ3n) is 5.61. The Balaban J connectivity index is 1.49. The van der Waals surface area contributed by atoms with Crippen LogP contribution in [0.15, 0.2) is 59.5 Å². The van der Waals surface area contributed by atoms with Gasteiger partial charge in [-0.15, -0.1) is 0 Å². The maximum Gasteiger partial charge on any atom is 0.335 e. The summed E-state index contributed by atoms with van der Waals surface area (Å²) in [7, 11) is 0. The average Bonchev–Trinajstić information content (AvgIpc) is 3.24. The molecule has 1 N–H and O–H groups in total. The fraction of sp³-hybridized carbons (Fsp3) is 0.192. The van der Waals surface area contributed by atoms with Crippen molar-refractivity contribution in [2.45, 2.75) is 20.8 Å². The minimum Gasteiger partial charge on any atom is -0.492 e. The molecule has 2 aromatic carbocycles. The molecule has 0 bridgehead atoms. The third kappa shape index (κ3) is 4.77. The van der Waals surface area contributed by atoms with E-state index < -0.39 is 5.97 Å². The third-order valence-corrected chi connectivity index (χ3v) is 6.51. The molecular weight excluding hydrogens is 452 g/mol. The summed E-state index contributed by atoms with van der Waals surface area (Å²) in [6.07, 6.45) is 1.73. The van der Waals surface area contributed by atoms with Crippen molar-refractivity contribution in [3.63, 3.8) is 0 Å². The van der Waals surface area contributed by atoms with Crippen LogP contribution in [0.2, 0.25) is 0 Å². The van der Waals surface area contributed by atoms with E-state index in [9.17, 15) is 14.4 Å². The lowest BCUT2D eigenvalue weighted by Gasteiger charge is -2.13. The number of rotatable bonds is 7. The van der Waals surface area contributed by atoms with Gasteiger partial charge in [-0.1, -0.05) is 17.7 Å². The first kappa shape index (κ1) is 23.4. The summed E-state index contributed by atoms with van der Waals surface area (Å²) >= 11 is 0.918. The number of hydrogen-bond donors (Lipinski definition) is 1. The maximum absolute atomic E-state index is 12.9. The lowest BCUT2D eigenvalue weighted by molar-refractivity contribution is -0.123. The smallest absolute Gasteiger partial charge is 0.335 e. The van der Waals surface area contributed by atoms with Gasteiger partial charge in [0.25, 0.3) is 11.1 Å². The molecular formula is C26H24N2O5S. The second kappa shape index (κ2) is 9.61. The number of aryl methyl sites for hydroxylation is 2. The number of carboxylic acids is 1. The van der Waals surface area contributed by atoms with Gasteiger partial charge in [0.2, 0.25) is 0 Å². The Morgan fingerprint density at radius 3 is 2.35 bits per heavy atom. The molecule has 1 aliphatic heterocycles. The van der Waals surface area contributed by atoms with Crippen LogP contribution in [0.5, 0.6) is 5.75 Å². The lowest BCUT2D eigenvalue weighted by Crippen LogP contribution is -2.32. The number of thioether (sulfide) groups is 1. The van der Waals surface area contributed by atoms with Gasteiger partial charge < -0.3 is 14.4 Å². The molecule has 7 nitrogen and oxygen atoms in total. The molecule has 2 amide bonds. The molecule has 2 heterocycles. The Kier molecular flexibility index (Phi) is 6.61. The Morgan fingerprint density at radius 1 is 1.03 bits per heavy atom. The average molecular weight is 477 g/mol. The summed E-state index contributed by atoms with van der Waals surface area (Å²) in [5, 5.41) is 8.80. The van der Waals surface area contributed by atoms with Gasteiger partial charge in [0, 0.05) is 17.1 Å². The summed E-state index contributed by atoms with van der Waals surface area (Å²) < 4.78 is 7.65. The van der Waals surface area contributed by atoms with Crippen LogP contribution in [-0.4, -0.2) is 44.8 Å². The summed E-state index contributed by atoms with van der Waals surface area (Å²) in [4.78, 5) is 38.0. The van der Waals surface area contributed by atoms with Crippen molar-refractivity contribution in [1.29, 1.82) is 0 Å². The highest BCUT2D eigenvalue weighted by Crippen LogP contribution is 2.33. The van der Waals surface area contributed by atoms with Crippen molar-refractivity contribution < 1.29 is 24.2 Å². The molecule has 1 aromatic heterocycles. The predicted octanol–water partition coefficient (Wildman–Crippen LogP) is 5.22. The topological polar surface area (TPSA) is 88.8 Å². The Morgan fingerprint density at radius 2 is 1.71 bits per heavy atom. The SMILES string of the molecule is Cc1ccc(OCCN2C(=O)S/C(=C\c3cc(C)n(-c4ccc(C(=O)O)cc4)c3C)C2=O)cc1. The number of ether oxygens (including phenoxy) is 1. The van der Waals surface area contributed by atoms with E-state index in [1.807, 2.05) is 55.7 Å². The highest BCUT2D eigenvalue weighted by atomic mass is 32.2. The second-order valence-electron chi connectivity index (χ2n) is 8.01. The Labute approximate surface area is 201 Å². The van der Waals surface area contributed by atoms with E-state index in [0.29, 0.717) is 10.7 Å². The van der Waals surface area contributed by atoms with E-state index in [1.165, 1.54) is 4.90 Å². The summed E-state index contributed by atoms with van der Waals surface area (Å²) in [6, 6.07) is 16.1. The van der Waals surface area contributed by atoms with E-state index in [-0.39, 0.29) is 29.9 Å². The lowest BCUT2D eigenvalue weighted by atomic mass is 10.2. The molecule has 4 rings (SSSR count). The molecule has 1 fully saturated rings. The molecule has 1 aliphatic rings. The summed E-state index contributed by atoms with van der Waals surface area (Å²) in [5.41, 5.74) is 4.79. The molecule has 34 heavy (non-hydrogen) atoms. The predicted molar refractivity (Wildman–Crippen MR) is 132 cm³/mol. The largest absolute Gasteiger partial charge is 0.492 e. The van der Waals surface area contributed by atoms with Crippen LogP contribution in [0.25, 0.3) is 11.8 Å². The van der Waals surface area contributed by atoms with Gasteiger partial charge in [0.15, 0.2) is 0 Å². The monoisotopic (exact) mass is 476 g/mol. The molecule has 1 saturated heterocycles. The van der Waals surface area contributed by atoms with Gasteiger partial charge in [-0.05, 0) is 86.6 Å². The van der Waals surface area contributed by atoms with Gasteiger partial charge in [0.05, 0.1) is 17.0 Å². The van der Waals surface area contributed by atoms with Crippen LogP contribution in [0.3, 0.4) is 0 Å². The Hall–Kier alpha value is -3.78. The van der Waals surface area contributed by atoms with Crippen LogP contribution in [0.1, 0.15) is 32.9 Å². The molecule has 8 heteroatoms. The van der Waals surface area contributed by atoms with Gasteiger partial charge >= 0.3 is 5.97 Å². The first-order chi connectivity index (χ1) is 16.2. The van der Waals surface area contributed by atoms with Crippen molar-refractivity contribution in [1.82, 2.24) is 9.47 Å². The number of carbonyl (C=O) groups is 3. The first-order valence-corrected chi connectivity index (χ1v) is 11.5. The van der Waals surface area contributed by atoms with E-state index >= 15 is 0 Å². The minimum atomic E-state index is -0.979. The molecule has 0 radical (unpaired) electrons. The van der Waals surface area contributed by atoms with Crippen molar-refractivity contribution in [2.75, 3.05) is 13.2 Å². The fourth-order valence-corrected chi connectivity index (χ4v) is 4.66. The van der Waals surface area contributed by atoms with Crippen LogP contribution >= 0.6 is 11.8 Å². The molecule has 0 aliphatic carbocycles. The van der Waals surface area contributed by atoms with Crippen LogP contribution in [0.4, 0.5) is 4.79 Å². The molecule has 0 unspecified atom stereocenters. The van der Waals surface area contributed by atoms with Crippen LogP contribution in [0, 0.1) is 20.8 Å². The van der Waals surface area contributed by atoms with E-state index in [4.69, 9.17) is 9.84 Å². The number of amides is 2. The zero-order chi connectivity index (χ0) is 24.4. The molecule has 3 aromatic rings. The zero-order valence-corrected chi connectivity index (χ0v) is 19.9. The zero-order valence-electron chi connectivity index (χ0n) is 19.1. The number of carboxylic acid groups (broad SMARTS) is 1. The quantitative estimate of drug-likeness (QED) is 0.471. The van der Waals surface area contributed by atoms with Crippen LogP contribution in [-0.2, 0) is 4.79 Å². The van der Waals surface area contributed by atoms with Crippen molar-refractivity contribution in [2.24, 2.45) is 0 Å². The Bertz CT molecular complexity index is 1290. The maximum atomic E-state index is 12.9. The number of nitrogens with zero attached hydrogens (tertiary/aromatic N) is 2. The molecule has 0 spiro atoms. The van der Waals surface area contributed by atoms with Crippen molar-refractivity contribution >= 4 is 35.0 Å². The van der Waals surface area contributed by atoms with Crippen molar-refractivity contribution in [3.8, 4) is 11.4 Å². The van der Waals surface area contributed by atoms with E-state index in [1.54, 1.807) is 30.3 Å². The van der Waals surface area contributed by atoms with Crippen LogP contribution < -0.4 is 4.74 Å². The molecule has 0 atom stereocenters. The highest BCUT2D eigenvalue weighted by molar-refractivity contribution is 8.18.